The zero-order chi connectivity index (χ0) is 24.4. The van der Waals surface area contributed by atoms with Crippen molar-refractivity contribution in [3.8, 4) is 11.8 Å². The summed E-state index contributed by atoms with van der Waals surface area (Å²) in [5, 5.41) is 10.5. The van der Waals surface area contributed by atoms with E-state index in [9.17, 15) is 23.1 Å². The van der Waals surface area contributed by atoms with Gasteiger partial charge in [-0.3, -0.25) is 0 Å². The number of halogens is 5. The fourth-order valence-corrected chi connectivity index (χ4v) is 3.65. The van der Waals surface area contributed by atoms with Crippen LogP contribution in [0.2, 0.25) is 10.2 Å². The first kappa shape index (κ1) is 24.7. The molecule has 0 radical (unpaired) electrons. The molecule has 12 heteroatoms. The minimum absolute atomic E-state index is 0.0127. The second-order valence-corrected chi connectivity index (χ2v) is 7.68. The van der Waals surface area contributed by atoms with E-state index in [1.165, 1.54) is 44.6 Å². The zero-order valence-electron chi connectivity index (χ0n) is 17.1. The summed E-state index contributed by atoms with van der Waals surface area (Å²) in [6.07, 6.45) is -1.60. The molecule has 3 aromatic rings. The Bertz CT molecular complexity index is 1160. The van der Waals surface area contributed by atoms with Gasteiger partial charge in [-0.1, -0.05) is 36.2 Å². The van der Waals surface area contributed by atoms with Crippen molar-refractivity contribution in [3.05, 3.63) is 75.8 Å². The van der Waals surface area contributed by atoms with Crippen molar-refractivity contribution >= 4 is 29.2 Å². The molecule has 0 amide bonds. The smallest absolute Gasteiger partial charge is 0.422 e. The second kappa shape index (κ2) is 9.50. The van der Waals surface area contributed by atoms with Gasteiger partial charge in [0, 0.05) is 29.5 Å². The predicted molar refractivity (Wildman–Crippen MR) is 113 cm³/mol. The van der Waals surface area contributed by atoms with E-state index in [1.807, 2.05) is 0 Å². The van der Waals surface area contributed by atoms with E-state index >= 15 is 0 Å². The number of carbonyl (C=O) groups is 1. The van der Waals surface area contributed by atoms with Crippen molar-refractivity contribution in [2.24, 2.45) is 0 Å². The van der Waals surface area contributed by atoms with Crippen molar-refractivity contribution in [2.45, 2.75) is 24.6 Å². The summed E-state index contributed by atoms with van der Waals surface area (Å²) in [6, 6.07) is 5.78. The van der Waals surface area contributed by atoms with Crippen LogP contribution in [0.15, 0.2) is 48.9 Å². The molecular weight excluding hydrogens is 486 g/mol. The number of aliphatic hydroxyl groups is 1. The average molecular weight is 502 g/mol. The number of alkyl halides is 3. The van der Waals surface area contributed by atoms with Crippen LogP contribution in [0, 0.1) is 0 Å². The summed E-state index contributed by atoms with van der Waals surface area (Å²) in [7, 11) is 1.21. The van der Waals surface area contributed by atoms with Crippen molar-refractivity contribution in [2.75, 3.05) is 7.11 Å². The number of hydrogen-bond acceptors (Lipinski definition) is 7. The van der Waals surface area contributed by atoms with Crippen LogP contribution >= 0.6 is 23.2 Å². The summed E-state index contributed by atoms with van der Waals surface area (Å²) < 4.78 is 52.1. The molecule has 174 valence electrons. The van der Waals surface area contributed by atoms with Crippen LogP contribution in [0.5, 0.6) is 11.8 Å². The fraction of sp³-hybridized carbons (Fsp3) is 0.238. The monoisotopic (exact) mass is 501 g/mol. The largest absolute Gasteiger partial charge is 0.465 e. The van der Waals surface area contributed by atoms with Crippen LogP contribution in [-0.2, 0) is 10.3 Å². The van der Waals surface area contributed by atoms with Gasteiger partial charge in [-0.25, -0.2) is 19.7 Å². The molecule has 0 bridgehead atoms. The second-order valence-electron chi connectivity index (χ2n) is 6.88. The lowest BCUT2D eigenvalue weighted by molar-refractivity contribution is -0.274. The Morgan fingerprint density at radius 3 is 2.30 bits per heavy atom. The molecule has 3 rings (SSSR count). The topological polar surface area (TPSA) is 94.4 Å². The molecule has 0 aliphatic rings. The quantitative estimate of drug-likeness (QED) is 0.361. The maximum Gasteiger partial charge on any atom is 0.422 e. The number of ether oxygens (including phenoxy) is 2. The Morgan fingerprint density at radius 2 is 1.76 bits per heavy atom. The molecule has 7 nitrogen and oxygen atoms in total. The van der Waals surface area contributed by atoms with Gasteiger partial charge in [-0.15, -0.1) is 0 Å². The molecule has 0 aliphatic heterocycles. The van der Waals surface area contributed by atoms with Crippen molar-refractivity contribution in [1.82, 2.24) is 15.0 Å². The number of benzene rings is 1. The lowest BCUT2D eigenvalue weighted by atomic mass is 9.78. The van der Waals surface area contributed by atoms with E-state index < -0.39 is 29.2 Å². The molecule has 0 spiro atoms. The highest BCUT2D eigenvalue weighted by atomic mass is 35.5. The van der Waals surface area contributed by atoms with Gasteiger partial charge in [0.1, 0.15) is 10.9 Å². The third kappa shape index (κ3) is 5.02. The number of hydrogen-bond donors (Lipinski definition) is 1. The van der Waals surface area contributed by atoms with E-state index in [-0.39, 0.29) is 33.1 Å². The molecule has 2 unspecified atom stereocenters. The molecule has 0 aliphatic carbocycles. The van der Waals surface area contributed by atoms with Gasteiger partial charge in [0.15, 0.2) is 5.60 Å². The minimum atomic E-state index is -5.05. The van der Waals surface area contributed by atoms with Gasteiger partial charge < -0.3 is 14.6 Å². The summed E-state index contributed by atoms with van der Waals surface area (Å²) >= 11 is 12.0. The van der Waals surface area contributed by atoms with Crippen LogP contribution in [0.4, 0.5) is 13.2 Å². The third-order valence-electron chi connectivity index (χ3n) is 4.92. The van der Waals surface area contributed by atoms with Crippen molar-refractivity contribution in [1.29, 1.82) is 0 Å². The average Bonchev–Trinajstić information content (AvgIpc) is 2.77. The normalized spacial score (nSPS) is 14.3. The number of rotatable bonds is 6. The van der Waals surface area contributed by atoms with Crippen molar-refractivity contribution < 1.29 is 32.5 Å². The van der Waals surface area contributed by atoms with Gasteiger partial charge >= 0.3 is 18.2 Å². The molecule has 33 heavy (non-hydrogen) atoms. The molecule has 1 aromatic carbocycles. The number of carbonyl (C=O) groups excluding carboxylic acids is 1. The molecule has 2 atom stereocenters. The van der Waals surface area contributed by atoms with Gasteiger partial charge in [0.2, 0.25) is 0 Å². The number of nitrogens with zero attached hydrogens (tertiary/aromatic N) is 3. The maximum atomic E-state index is 14.0. The summed E-state index contributed by atoms with van der Waals surface area (Å²) in [4.78, 5) is 22.8. The van der Waals surface area contributed by atoms with Crippen LogP contribution < -0.4 is 4.74 Å². The molecule has 2 heterocycles. The molecule has 2 aromatic heterocycles. The van der Waals surface area contributed by atoms with Crippen LogP contribution in [0.3, 0.4) is 0 Å². The molecule has 0 saturated carbocycles. The first-order chi connectivity index (χ1) is 15.5. The Hall–Kier alpha value is -2.95. The van der Waals surface area contributed by atoms with E-state index in [2.05, 4.69) is 19.7 Å². The highest BCUT2D eigenvalue weighted by Crippen LogP contribution is 2.50. The maximum absolute atomic E-state index is 14.0. The minimum Gasteiger partial charge on any atom is -0.465 e. The molecule has 0 saturated heterocycles. The standard InChI is InChI=1S/C21H16Cl2F3N3O4/c1-11(20(31,21(24,25)26)13-5-6-27-17(23)7-13)15-4-3-14(8-16(15)22)33-19-28-9-12(10-29-19)18(30)32-2/h3-11,31H,1-2H3. The SMILES string of the molecule is COC(=O)c1cnc(Oc2ccc(C(C)C(O)(c3ccnc(Cl)c3)C(F)(F)F)c(Cl)c2)nc1. The third-order valence-corrected chi connectivity index (χ3v) is 5.46. The number of esters is 1. The molecule has 1 N–H and O–H groups in total. The molecule has 0 fully saturated rings. The predicted octanol–water partition coefficient (Wildman–Crippen LogP) is 5.31. The Kier molecular flexibility index (Phi) is 7.11. The summed E-state index contributed by atoms with van der Waals surface area (Å²) in [6.45, 7) is 1.19. The lowest BCUT2D eigenvalue weighted by Gasteiger charge is -2.37. The Balaban J connectivity index is 1.91. The van der Waals surface area contributed by atoms with Crippen LogP contribution in [0.1, 0.15) is 34.3 Å². The zero-order valence-corrected chi connectivity index (χ0v) is 18.6. The first-order valence-corrected chi connectivity index (χ1v) is 10.0. The van der Waals surface area contributed by atoms with Gasteiger partial charge in [-0.05, 0) is 35.4 Å². The van der Waals surface area contributed by atoms with Gasteiger partial charge in [0.25, 0.3) is 0 Å². The van der Waals surface area contributed by atoms with E-state index in [4.69, 9.17) is 27.9 Å². The highest BCUT2D eigenvalue weighted by molar-refractivity contribution is 6.31. The number of aromatic nitrogens is 3. The van der Waals surface area contributed by atoms with E-state index in [0.29, 0.717) is 0 Å². The highest BCUT2D eigenvalue weighted by Gasteiger charge is 2.59. The summed E-state index contributed by atoms with van der Waals surface area (Å²) in [5.41, 5.74) is -3.65. The fourth-order valence-electron chi connectivity index (χ4n) is 3.14. The van der Waals surface area contributed by atoms with Crippen LogP contribution in [0.25, 0.3) is 0 Å². The lowest BCUT2D eigenvalue weighted by Crippen LogP contribution is -2.46. The Morgan fingerprint density at radius 1 is 1.09 bits per heavy atom. The number of methoxy groups -OCH3 is 1. The van der Waals surface area contributed by atoms with E-state index in [0.717, 1.165) is 18.3 Å². The van der Waals surface area contributed by atoms with Gasteiger partial charge in [0.05, 0.1) is 12.7 Å². The van der Waals surface area contributed by atoms with Crippen molar-refractivity contribution in [3.63, 3.8) is 0 Å². The number of pyridine rings is 1. The van der Waals surface area contributed by atoms with Gasteiger partial charge in [-0.2, -0.15) is 13.2 Å². The Labute approximate surface area is 196 Å². The molecular formula is C21H16Cl2F3N3O4. The summed E-state index contributed by atoms with van der Waals surface area (Å²) in [5.74, 6) is -2.02. The first-order valence-electron chi connectivity index (χ1n) is 9.26. The van der Waals surface area contributed by atoms with E-state index in [1.54, 1.807) is 0 Å². The van der Waals surface area contributed by atoms with Crippen LogP contribution in [-0.4, -0.2) is 39.3 Å².